The summed E-state index contributed by atoms with van der Waals surface area (Å²) in [6.07, 6.45) is 1.52. The highest BCUT2D eigenvalue weighted by molar-refractivity contribution is 9.09. The molecule has 5 heteroatoms. The summed E-state index contributed by atoms with van der Waals surface area (Å²) >= 11 is 3.27. The van der Waals surface area contributed by atoms with Crippen LogP contribution in [0.5, 0.6) is 0 Å². The van der Waals surface area contributed by atoms with Crippen LogP contribution in [-0.2, 0) is 6.42 Å². The van der Waals surface area contributed by atoms with E-state index in [1.807, 2.05) is 13.0 Å². The Hall–Kier alpha value is -0.160. The molecule has 1 rings (SSSR count). The van der Waals surface area contributed by atoms with Gasteiger partial charge in [0.2, 0.25) is 0 Å². The first kappa shape index (κ1) is 13.9. The topological polar surface area (TPSA) is 0 Å². The van der Waals surface area contributed by atoms with Crippen molar-refractivity contribution >= 4 is 27.7 Å². The maximum Gasteiger partial charge on any atom is 0.446 e. The van der Waals surface area contributed by atoms with Gasteiger partial charge >= 0.3 is 5.51 Å². The second kappa shape index (κ2) is 5.96. The van der Waals surface area contributed by atoms with Crippen LogP contribution in [0.1, 0.15) is 17.5 Å². The van der Waals surface area contributed by atoms with Crippen molar-refractivity contribution in [1.82, 2.24) is 0 Å². The molecule has 0 radical (unpaired) electrons. The average Bonchev–Trinajstić information content (AvgIpc) is 2.14. The minimum absolute atomic E-state index is 0.0233. The Bertz CT molecular complexity index is 350. The lowest BCUT2D eigenvalue weighted by molar-refractivity contribution is -0.0328. The summed E-state index contributed by atoms with van der Waals surface area (Å²) in [6, 6.07) is 5.06. The molecule has 0 saturated carbocycles. The smallest absolute Gasteiger partial charge is 0.160 e. The summed E-state index contributed by atoms with van der Waals surface area (Å²) < 4.78 is 37.0. The number of aryl methyl sites for hydroxylation is 1. The van der Waals surface area contributed by atoms with E-state index >= 15 is 0 Å². The zero-order valence-electron chi connectivity index (χ0n) is 8.77. The predicted octanol–water partition coefficient (Wildman–Crippen LogP) is 4.93. The molecule has 0 saturated heterocycles. The van der Waals surface area contributed by atoms with E-state index < -0.39 is 5.51 Å². The van der Waals surface area contributed by atoms with Gasteiger partial charge in [0.05, 0.1) is 0 Å². The van der Waals surface area contributed by atoms with E-state index in [0.29, 0.717) is 11.3 Å². The van der Waals surface area contributed by atoms with Crippen LogP contribution in [0.3, 0.4) is 0 Å². The Kier molecular flexibility index (Phi) is 5.18. The van der Waals surface area contributed by atoms with Crippen LogP contribution < -0.4 is 0 Å². The molecule has 16 heavy (non-hydrogen) atoms. The fourth-order valence-corrected chi connectivity index (χ4v) is 2.52. The quantitative estimate of drug-likeness (QED) is 0.561. The molecule has 0 spiro atoms. The molecule has 1 aromatic rings. The van der Waals surface area contributed by atoms with Crippen molar-refractivity contribution in [3.63, 3.8) is 0 Å². The SMILES string of the molecule is Cc1cccc(SC(F)(F)F)c1CCCBr. The van der Waals surface area contributed by atoms with Crippen LogP contribution in [0, 0.1) is 6.92 Å². The molecule has 90 valence electrons. The Morgan fingerprint density at radius 3 is 2.56 bits per heavy atom. The summed E-state index contributed by atoms with van der Waals surface area (Å²) in [4.78, 5) is 0.327. The normalized spacial score (nSPS) is 11.8. The maximum atomic E-state index is 12.3. The first-order valence-corrected chi connectivity index (χ1v) is 6.78. The van der Waals surface area contributed by atoms with E-state index in [-0.39, 0.29) is 11.8 Å². The van der Waals surface area contributed by atoms with Crippen LogP contribution in [0.25, 0.3) is 0 Å². The van der Waals surface area contributed by atoms with Crippen molar-refractivity contribution in [2.75, 3.05) is 5.33 Å². The van der Waals surface area contributed by atoms with Crippen LogP contribution in [0.15, 0.2) is 23.1 Å². The van der Waals surface area contributed by atoms with Crippen molar-refractivity contribution in [3.05, 3.63) is 29.3 Å². The lowest BCUT2D eigenvalue weighted by Crippen LogP contribution is -2.02. The Morgan fingerprint density at radius 1 is 1.31 bits per heavy atom. The van der Waals surface area contributed by atoms with Gasteiger partial charge in [-0.15, -0.1) is 0 Å². The third kappa shape index (κ3) is 4.37. The minimum atomic E-state index is -4.21. The van der Waals surface area contributed by atoms with Gasteiger partial charge < -0.3 is 0 Å². The van der Waals surface area contributed by atoms with E-state index in [1.165, 1.54) is 6.07 Å². The second-order valence-electron chi connectivity index (χ2n) is 3.39. The number of halogens is 4. The van der Waals surface area contributed by atoms with Crippen molar-refractivity contribution in [2.45, 2.75) is 30.2 Å². The van der Waals surface area contributed by atoms with Gasteiger partial charge in [0.1, 0.15) is 0 Å². The first-order chi connectivity index (χ1) is 7.44. The molecule has 0 bridgehead atoms. The number of benzene rings is 1. The summed E-state index contributed by atoms with van der Waals surface area (Å²) in [5, 5.41) is 0.803. The average molecular weight is 313 g/mol. The van der Waals surface area contributed by atoms with Gasteiger partial charge in [-0.3, -0.25) is 0 Å². The van der Waals surface area contributed by atoms with Crippen LogP contribution in [-0.4, -0.2) is 10.8 Å². The second-order valence-corrected chi connectivity index (χ2v) is 5.29. The van der Waals surface area contributed by atoms with Gasteiger partial charge in [-0.2, -0.15) is 13.2 Å². The third-order valence-electron chi connectivity index (χ3n) is 2.15. The number of thioether (sulfide) groups is 1. The first-order valence-electron chi connectivity index (χ1n) is 4.84. The molecule has 0 amide bonds. The van der Waals surface area contributed by atoms with Gasteiger partial charge in [0, 0.05) is 10.2 Å². The highest BCUT2D eigenvalue weighted by Crippen LogP contribution is 2.39. The molecule has 0 aliphatic heterocycles. The molecule has 0 nitrogen and oxygen atoms in total. The van der Waals surface area contributed by atoms with E-state index in [0.717, 1.165) is 22.9 Å². The molecule has 0 fully saturated rings. The molecule has 0 aromatic heterocycles. The number of rotatable bonds is 4. The lowest BCUT2D eigenvalue weighted by Gasteiger charge is -2.13. The van der Waals surface area contributed by atoms with Crippen LogP contribution in [0.2, 0.25) is 0 Å². The zero-order chi connectivity index (χ0) is 12.2. The molecule has 0 N–H and O–H groups in total. The fraction of sp³-hybridized carbons (Fsp3) is 0.455. The lowest BCUT2D eigenvalue weighted by atomic mass is 10.0. The fourth-order valence-electron chi connectivity index (χ4n) is 1.46. The Morgan fingerprint density at radius 2 is 2.00 bits per heavy atom. The third-order valence-corrected chi connectivity index (χ3v) is 3.55. The van der Waals surface area contributed by atoms with Crippen molar-refractivity contribution in [3.8, 4) is 0 Å². The minimum Gasteiger partial charge on any atom is -0.160 e. The van der Waals surface area contributed by atoms with Crippen LogP contribution >= 0.6 is 27.7 Å². The summed E-state index contributed by atoms with van der Waals surface area (Å²) in [7, 11) is 0. The van der Waals surface area contributed by atoms with Crippen molar-refractivity contribution in [2.24, 2.45) is 0 Å². The monoisotopic (exact) mass is 312 g/mol. The number of alkyl halides is 4. The molecule has 0 atom stereocenters. The van der Waals surface area contributed by atoms with E-state index in [9.17, 15) is 13.2 Å². The predicted molar refractivity (Wildman–Crippen MR) is 65.2 cm³/mol. The molecule has 0 aliphatic carbocycles. The van der Waals surface area contributed by atoms with Gasteiger partial charge in [-0.05, 0) is 48.7 Å². The van der Waals surface area contributed by atoms with E-state index in [4.69, 9.17) is 0 Å². The summed E-state index contributed by atoms with van der Waals surface area (Å²) in [6.45, 7) is 1.85. The summed E-state index contributed by atoms with van der Waals surface area (Å²) in [5.41, 5.74) is -2.48. The summed E-state index contributed by atoms with van der Waals surface area (Å²) in [5.74, 6) is 0. The Labute approximate surface area is 106 Å². The van der Waals surface area contributed by atoms with E-state index in [2.05, 4.69) is 15.9 Å². The van der Waals surface area contributed by atoms with Gasteiger partial charge in [-0.25, -0.2) is 0 Å². The molecule has 1 aromatic carbocycles. The van der Waals surface area contributed by atoms with Crippen LogP contribution in [0.4, 0.5) is 13.2 Å². The van der Waals surface area contributed by atoms with Gasteiger partial charge in [-0.1, -0.05) is 28.1 Å². The Balaban J connectivity index is 2.93. The van der Waals surface area contributed by atoms with Crippen molar-refractivity contribution in [1.29, 1.82) is 0 Å². The maximum absolute atomic E-state index is 12.3. The molecule has 0 unspecified atom stereocenters. The standard InChI is InChI=1S/C11H12BrF3S/c1-8-4-2-6-10(16-11(13,14)15)9(8)5-3-7-12/h2,4,6H,3,5,7H2,1H3. The number of hydrogen-bond acceptors (Lipinski definition) is 1. The molecular weight excluding hydrogens is 301 g/mol. The highest BCUT2D eigenvalue weighted by atomic mass is 79.9. The largest absolute Gasteiger partial charge is 0.446 e. The van der Waals surface area contributed by atoms with Gasteiger partial charge in [0.15, 0.2) is 0 Å². The zero-order valence-corrected chi connectivity index (χ0v) is 11.2. The molecule has 0 heterocycles. The molecular formula is C11H12BrF3S. The van der Waals surface area contributed by atoms with Gasteiger partial charge in [0.25, 0.3) is 0 Å². The van der Waals surface area contributed by atoms with E-state index in [1.54, 1.807) is 6.07 Å². The highest BCUT2D eigenvalue weighted by Gasteiger charge is 2.30. The van der Waals surface area contributed by atoms with Crippen molar-refractivity contribution < 1.29 is 13.2 Å². The molecule has 0 aliphatic rings. The number of hydrogen-bond donors (Lipinski definition) is 0.